The summed E-state index contributed by atoms with van der Waals surface area (Å²) in [4.78, 5) is 1.25. The maximum absolute atomic E-state index is 5.57. The highest BCUT2D eigenvalue weighted by Gasteiger charge is 1.95. The Labute approximate surface area is 94.3 Å². The standard InChI is InChI=1S/C11H14ClNS/c1-9(6-12)8-14-11-4-2-10(7-13)3-5-11/h2-6H,7-8,13H2,1H3/b9-6-. The second kappa shape index (κ2) is 6.12. The molecule has 3 heteroatoms. The van der Waals surface area contributed by atoms with Gasteiger partial charge in [0, 0.05) is 22.7 Å². The van der Waals surface area contributed by atoms with Crippen LogP contribution in [0.25, 0.3) is 0 Å². The number of rotatable bonds is 4. The van der Waals surface area contributed by atoms with Gasteiger partial charge in [0.05, 0.1) is 0 Å². The molecule has 1 nitrogen and oxygen atoms in total. The molecule has 0 atom stereocenters. The van der Waals surface area contributed by atoms with Gasteiger partial charge in [0.1, 0.15) is 0 Å². The zero-order valence-electron chi connectivity index (χ0n) is 8.16. The van der Waals surface area contributed by atoms with Crippen molar-refractivity contribution < 1.29 is 0 Å². The molecule has 0 spiro atoms. The Morgan fingerprint density at radius 2 is 2.07 bits per heavy atom. The summed E-state index contributed by atoms with van der Waals surface area (Å²) in [5, 5.41) is 0. The third-order valence-corrected chi connectivity index (χ3v) is 3.39. The minimum absolute atomic E-state index is 0.603. The Hall–Kier alpha value is -0.440. The summed E-state index contributed by atoms with van der Waals surface area (Å²) < 4.78 is 0. The van der Waals surface area contributed by atoms with Gasteiger partial charge in [0.25, 0.3) is 0 Å². The van der Waals surface area contributed by atoms with Gasteiger partial charge in [-0.05, 0) is 24.6 Å². The van der Waals surface area contributed by atoms with Gasteiger partial charge in [0.2, 0.25) is 0 Å². The Morgan fingerprint density at radius 3 is 2.57 bits per heavy atom. The fourth-order valence-corrected chi connectivity index (χ4v) is 1.93. The van der Waals surface area contributed by atoms with Gasteiger partial charge >= 0.3 is 0 Å². The average molecular weight is 228 g/mol. The summed E-state index contributed by atoms with van der Waals surface area (Å²) in [6.45, 7) is 2.62. The predicted octanol–water partition coefficient (Wildman–Crippen LogP) is 3.38. The zero-order chi connectivity index (χ0) is 10.4. The lowest BCUT2D eigenvalue weighted by Gasteiger charge is -2.02. The van der Waals surface area contributed by atoms with Gasteiger partial charge < -0.3 is 5.73 Å². The molecule has 2 N–H and O–H groups in total. The smallest absolute Gasteiger partial charge is 0.0199 e. The Kier molecular flexibility index (Phi) is 5.09. The van der Waals surface area contributed by atoms with E-state index in [0.29, 0.717) is 6.54 Å². The first-order valence-electron chi connectivity index (χ1n) is 4.44. The van der Waals surface area contributed by atoms with E-state index in [-0.39, 0.29) is 0 Å². The largest absolute Gasteiger partial charge is 0.326 e. The van der Waals surface area contributed by atoms with Crippen LogP contribution < -0.4 is 5.73 Å². The van der Waals surface area contributed by atoms with Crippen LogP contribution in [0.2, 0.25) is 0 Å². The molecule has 0 aliphatic heterocycles. The van der Waals surface area contributed by atoms with E-state index in [2.05, 4.69) is 24.3 Å². The molecule has 1 rings (SSSR count). The third kappa shape index (κ3) is 3.74. The average Bonchev–Trinajstić information content (AvgIpc) is 2.26. The van der Waals surface area contributed by atoms with Crippen LogP contribution in [0.5, 0.6) is 0 Å². The minimum atomic E-state index is 0.603. The fraction of sp³-hybridized carbons (Fsp3) is 0.273. The molecule has 0 aliphatic carbocycles. The molecule has 0 aliphatic rings. The number of benzene rings is 1. The van der Waals surface area contributed by atoms with Gasteiger partial charge in [-0.15, -0.1) is 11.8 Å². The maximum Gasteiger partial charge on any atom is 0.0199 e. The van der Waals surface area contributed by atoms with Crippen LogP contribution in [0.15, 0.2) is 40.3 Å². The van der Waals surface area contributed by atoms with Gasteiger partial charge in [-0.1, -0.05) is 29.3 Å². The van der Waals surface area contributed by atoms with Crippen molar-refractivity contribution in [2.24, 2.45) is 5.73 Å². The second-order valence-electron chi connectivity index (χ2n) is 3.09. The molecule has 1 aromatic carbocycles. The van der Waals surface area contributed by atoms with E-state index in [0.717, 1.165) is 5.75 Å². The van der Waals surface area contributed by atoms with Crippen molar-refractivity contribution in [3.8, 4) is 0 Å². The second-order valence-corrected chi connectivity index (χ2v) is 4.36. The van der Waals surface area contributed by atoms with Crippen LogP contribution >= 0.6 is 23.4 Å². The SMILES string of the molecule is C/C(=C/Cl)CSc1ccc(CN)cc1. The molecule has 0 fully saturated rings. The summed E-state index contributed by atoms with van der Waals surface area (Å²) in [7, 11) is 0. The molecule has 0 amide bonds. The molecule has 0 saturated heterocycles. The fourth-order valence-electron chi connectivity index (χ4n) is 0.950. The Bertz CT molecular complexity index is 306. The van der Waals surface area contributed by atoms with Crippen molar-refractivity contribution in [3.63, 3.8) is 0 Å². The van der Waals surface area contributed by atoms with Crippen LogP contribution in [0.3, 0.4) is 0 Å². The van der Waals surface area contributed by atoms with E-state index >= 15 is 0 Å². The highest BCUT2D eigenvalue weighted by molar-refractivity contribution is 7.99. The number of hydrogen-bond acceptors (Lipinski definition) is 2. The van der Waals surface area contributed by atoms with Crippen molar-refractivity contribution in [2.75, 3.05) is 5.75 Å². The van der Waals surface area contributed by atoms with Crippen LogP contribution in [0.1, 0.15) is 12.5 Å². The Balaban J connectivity index is 2.52. The normalized spacial score (nSPS) is 11.8. The summed E-state index contributed by atoms with van der Waals surface area (Å²) in [6, 6.07) is 8.30. The van der Waals surface area contributed by atoms with Crippen LogP contribution in [-0.4, -0.2) is 5.75 Å². The Morgan fingerprint density at radius 1 is 1.43 bits per heavy atom. The van der Waals surface area contributed by atoms with Crippen LogP contribution in [0.4, 0.5) is 0 Å². The molecule has 0 bridgehead atoms. The summed E-state index contributed by atoms with van der Waals surface area (Å²) >= 11 is 7.35. The van der Waals surface area contributed by atoms with Crippen molar-refractivity contribution in [3.05, 3.63) is 40.9 Å². The minimum Gasteiger partial charge on any atom is -0.326 e. The molecule has 0 aromatic heterocycles. The maximum atomic E-state index is 5.57. The topological polar surface area (TPSA) is 26.0 Å². The van der Waals surface area contributed by atoms with Crippen molar-refractivity contribution in [1.29, 1.82) is 0 Å². The quantitative estimate of drug-likeness (QED) is 0.799. The van der Waals surface area contributed by atoms with E-state index < -0.39 is 0 Å². The van der Waals surface area contributed by atoms with Crippen molar-refractivity contribution >= 4 is 23.4 Å². The lowest BCUT2D eigenvalue weighted by Crippen LogP contribution is -1.95. The van der Waals surface area contributed by atoms with E-state index in [1.165, 1.54) is 16.0 Å². The molecule has 14 heavy (non-hydrogen) atoms. The van der Waals surface area contributed by atoms with E-state index in [9.17, 15) is 0 Å². The van der Waals surface area contributed by atoms with Gasteiger partial charge in [-0.3, -0.25) is 0 Å². The monoisotopic (exact) mass is 227 g/mol. The summed E-state index contributed by atoms with van der Waals surface area (Å²) in [5.74, 6) is 0.936. The number of nitrogens with two attached hydrogens (primary N) is 1. The lowest BCUT2D eigenvalue weighted by atomic mass is 10.2. The van der Waals surface area contributed by atoms with E-state index in [1.54, 1.807) is 17.3 Å². The van der Waals surface area contributed by atoms with Gasteiger partial charge in [-0.2, -0.15) is 0 Å². The molecule has 0 heterocycles. The molecule has 1 aromatic rings. The third-order valence-electron chi connectivity index (χ3n) is 1.81. The molecular weight excluding hydrogens is 214 g/mol. The van der Waals surface area contributed by atoms with Crippen LogP contribution in [-0.2, 0) is 6.54 Å². The molecule has 0 saturated carbocycles. The van der Waals surface area contributed by atoms with Gasteiger partial charge in [0.15, 0.2) is 0 Å². The van der Waals surface area contributed by atoms with E-state index in [4.69, 9.17) is 17.3 Å². The van der Waals surface area contributed by atoms with E-state index in [1.807, 2.05) is 6.92 Å². The first-order valence-corrected chi connectivity index (χ1v) is 5.86. The lowest BCUT2D eigenvalue weighted by molar-refractivity contribution is 1.07. The zero-order valence-corrected chi connectivity index (χ0v) is 9.74. The highest BCUT2D eigenvalue weighted by Crippen LogP contribution is 2.20. The summed E-state index contributed by atoms with van der Waals surface area (Å²) in [6.07, 6.45) is 0. The van der Waals surface area contributed by atoms with Crippen molar-refractivity contribution in [1.82, 2.24) is 0 Å². The molecule has 0 radical (unpaired) electrons. The van der Waals surface area contributed by atoms with Crippen molar-refractivity contribution in [2.45, 2.75) is 18.4 Å². The number of thioether (sulfide) groups is 1. The number of halogens is 1. The first-order chi connectivity index (χ1) is 6.76. The molecular formula is C11H14ClNS. The number of hydrogen-bond donors (Lipinski definition) is 1. The highest BCUT2D eigenvalue weighted by atomic mass is 35.5. The van der Waals surface area contributed by atoms with Crippen LogP contribution in [0, 0.1) is 0 Å². The summed E-state index contributed by atoms with van der Waals surface area (Å²) in [5.41, 5.74) is 9.48. The van der Waals surface area contributed by atoms with Gasteiger partial charge in [-0.25, -0.2) is 0 Å². The molecule has 76 valence electrons. The molecule has 0 unspecified atom stereocenters. The predicted molar refractivity (Wildman–Crippen MR) is 64.7 cm³/mol. The first kappa shape index (κ1) is 11.6.